The lowest BCUT2D eigenvalue weighted by atomic mass is 10.1. The smallest absolute Gasteiger partial charge is 0.253 e. The fourth-order valence-corrected chi connectivity index (χ4v) is 2.76. The molecule has 0 atom stereocenters. The fraction of sp³-hybridized carbons (Fsp3) is 0.211. The van der Waals surface area contributed by atoms with Crippen LogP contribution < -0.4 is 10.9 Å². The van der Waals surface area contributed by atoms with Crippen LogP contribution in [0.15, 0.2) is 47.3 Å². The van der Waals surface area contributed by atoms with E-state index in [2.05, 4.69) is 42.3 Å². The van der Waals surface area contributed by atoms with E-state index in [4.69, 9.17) is 0 Å². The van der Waals surface area contributed by atoms with Crippen LogP contribution in [0.3, 0.4) is 0 Å². The molecule has 3 nitrogen and oxygen atoms in total. The van der Waals surface area contributed by atoms with Crippen LogP contribution in [0.1, 0.15) is 22.3 Å². The van der Waals surface area contributed by atoms with Gasteiger partial charge in [-0.3, -0.25) is 4.79 Å². The van der Waals surface area contributed by atoms with Gasteiger partial charge in [0, 0.05) is 17.8 Å². The first-order chi connectivity index (χ1) is 10.5. The van der Waals surface area contributed by atoms with Gasteiger partial charge in [0.2, 0.25) is 0 Å². The van der Waals surface area contributed by atoms with Gasteiger partial charge < -0.3 is 10.3 Å². The highest BCUT2D eigenvalue weighted by atomic mass is 16.1. The third-order valence-electron chi connectivity index (χ3n) is 4.02. The molecule has 0 aliphatic carbocycles. The maximum Gasteiger partial charge on any atom is 0.253 e. The van der Waals surface area contributed by atoms with E-state index in [1.165, 1.54) is 11.1 Å². The van der Waals surface area contributed by atoms with Crippen molar-refractivity contribution in [2.24, 2.45) is 0 Å². The molecule has 0 aliphatic heterocycles. The molecule has 0 radical (unpaired) electrons. The van der Waals surface area contributed by atoms with Gasteiger partial charge in [-0.15, -0.1) is 0 Å². The lowest BCUT2D eigenvalue weighted by Crippen LogP contribution is -2.16. The normalized spacial score (nSPS) is 10.9. The van der Waals surface area contributed by atoms with E-state index < -0.39 is 0 Å². The van der Waals surface area contributed by atoms with Gasteiger partial charge in [0.05, 0.1) is 5.52 Å². The average molecular weight is 292 g/mol. The highest BCUT2D eigenvalue weighted by Gasteiger charge is 2.05. The predicted molar refractivity (Wildman–Crippen MR) is 92.5 cm³/mol. The van der Waals surface area contributed by atoms with Crippen molar-refractivity contribution < 1.29 is 0 Å². The van der Waals surface area contributed by atoms with Gasteiger partial charge in [-0.1, -0.05) is 35.9 Å². The van der Waals surface area contributed by atoms with Gasteiger partial charge >= 0.3 is 0 Å². The number of fused-ring (bicyclic) bond motifs is 1. The SMILES string of the molecule is Cc1ccc(NCc2cc3cccc(C)c3[nH]c2=O)c(C)c1. The minimum Gasteiger partial charge on any atom is -0.381 e. The van der Waals surface area contributed by atoms with Crippen LogP contribution >= 0.6 is 0 Å². The first-order valence-corrected chi connectivity index (χ1v) is 7.47. The van der Waals surface area contributed by atoms with E-state index in [-0.39, 0.29) is 5.56 Å². The summed E-state index contributed by atoms with van der Waals surface area (Å²) >= 11 is 0. The zero-order chi connectivity index (χ0) is 15.7. The van der Waals surface area contributed by atoms with Crippen LogP contribution in [0.4, 0.5) is 5.69 Å². The molecule has 0 spiro atoms. The van der Waals surface area contributed by atoms with Gasteiger partial charge in [-0.2, -0.15) is 0 Å². The fourth-order valence-electron chi connectivity index (χ4n) is 2.76. The van der Waals surface area contributed by atoms with Gasteiger partial charge in [-0.05, 0) is 49.4 Å². The van der Waals surface area contributed by atoms with Gasteiger partial charge in [-0.25, -0.2) is 0 Å². The Labute approximate surface area is 130 Å². The molecule has 3 heteroatoms. The number of aromatic amines is 1. The summed E-state index contributed by atoms with van der Waals surface area (Å²) in [5.41, 5.74) is 6.22. The number of anilines is 1. The highest BCUT2D eigenvalue weighted by molar-refractivity contribution is 5.82. The van der Waals surface area contributed by atoms with Crippen molar-refractivity contribution in [2.45, 2.75) is 27.3 Å². The number of nitrogens with one attached hydrogen (secondary N) is 2. The average Bonchev–Trinajstić information content (AvgIpc) is 2.48. The molecule has 0 amide bonds. The monoisotopic (exact) mass is 292 g/mol. The van der Waals surface area contributed by atoms with E-state index >= 15 is 0 Å². The number of aryl methyl sites for hydroxylation is 3. The minimum absolute atomic E-state index is 0.0286. The Morgan fingerprint density at radius 3 is 2.59 bits per heavy atom. The summed E-state index contributed by atoms with van der Waals surface area (Å²) in [5.74, 6) is 0. The van der Waals surface area contributed by atoms with E-state index in [9.17, 15) is 4.79 Å². The van der Waals surface area contributed by atoms with Crippen LogP contribution in [-0.2, 0) is 6.54 Å². The quantitative estimate of drug-likeness (QED) is 0.764. The molecule has 0 fully saturated rings. The Morgan fingerprint density at radius 2 is 1.82 bits per heavy atom. The Bertz CT molecular complexity index is 894. The van der Waals surface area contributed by atoms with E-state index in [0.717, 1.165) is 27.7 Å². The first kappa shape index (κ1) is 14.4. The number of benzene rings is 2. The van der Waals surface area contributed by atoms with Crippen molar-refractivity contribution in [3.8, 4) is 0 Å². The largest absolute Gasteiger partial charge is 0.381 e. The molecule has 2 N–H and O–H groups in total. The molecule has 0 unspecified atom stereocenters. The second-order valence-corrected chi connectivity index (χ2v) is 5.83. The molecule has 0 saturated heterocycles. The van der Waals surface area contributed by atoms with Crippen molar-refractivity contribution in [1.29, 1.82) is 0 Å². The Kier molecular flexibility index (Phi) is 3.72. The number of pyridine rings is 1. The van der Waals surface area contributed by atoms with Crippen LogP contribution in [0.2, 0.25) is 0 Å². The van der Waals surface area contributed by atoms with Gasteiger partial charge in [0.25, 0.3) is 5.56 Å². The number of H-pyrrole nitrogens is 1. The van der Waals surface area contributed by atoms with Crippen LogP contribution in [0.25, 0.3) is 10.9 Å². The molecular weight excluding hydrogens is 272 g/mol. The molecule has 3 rings (SSSR count). The molecule has 0 saturated carbocycles. The number of hydrogen-bond acceptors (Lipinski definition) is 2. The maximum atomic E-state index is 12.3. The molecular formula is C19H20N2O. The molecule has 112 valence electrons. The minimum atomic E-state index is -0.0286. The van der Waals surface area contributed by atoms with Gasteiger partial charge in [0.15, 0.2) is 0 Å². The number of aromatic nitrogens is 1. The Balaban J connectivity index is 1.91. The van der Waals surface area contributed by atoms with Crippen molar-refractivity contribution in [1.82, 2.24) is 4.98 Å². The molecule has 0 bridgehead atoms. The Hall–Kier alpha value is -2.55. The molecule has 3 aromatic rings. The molecule has 0 aliphatic rings. The van der Waals surface area contributed by atoms with Crippen molar-refractivity contribution in [3.05, 3.63) is 75.1 Å². The standard InChI is InChI=1S/C19H20N2O/c1-12-7-8-17(14(3)9-12)20-11-16-10-15-6-4-5-13(2)18(15)21-19(16)22/h4-10,20H,11H2,1-3H3,(H,21,22). The summed E-state index contributed by atoms with van der Waals surface area (Å²) in [4.78, 5) is 15.2. The summed E-state index contributed by atoms with van der Waals surface area (Å²) in [6, 6.07) is 14.3. The summed E-state index contributed by atoms with van der Waals surface area (Å²) < 4.78 is 0. The highest BCUT2D eigenvalue weighted by Crippen LogP contribution is 2.18. The molecule has 1 heterocycles. The zero-order valence-electron chi connectivity index (χ0n) is 13.2. The Morgan fingerprint density at radius 1 is 1.00 bits per heavy atom. The topological polar surface area (TPSA) is 44.9 Å². The van der Waals surface area contributed by atoms with Crippen molar-refractivity contribution >= 4 is 16.6 Å². The lowest BCUT2D eigenvalue weighted by Gasteiger charge is -2.11. The van der Waals surface area contributed by atoms with Gasteiger partial charge in [0.1, 0.15) is 0 Å². The lowest BCUT2D eigenvalue weighted by molar-refractivity contribution is 1.08. The molecule has 1 aromatic heterocycles. The third kappa shape index (κ3) is 2.75. The zero-order valence-corrected chi connectivity index (χ0v) is 13.2. The number of hydrogen-bond donors (Lipinski definition) is 2. The van der Waals surface area contributed by atoms with Crippen LogP contribution in [0.5, 0.6) is 0 Å². The number of rotatable bonds is 3. The summed E-state index contributed by atoms with van der Waals surface area (Å²) in [7, 11) is 0. The van der Waals surface area contributed by atoms with Crippen LogP contribution in [-0.4, -0.2) is 4.98 Å². The van der Waals surface area contributed by atoms with E-state index in [0.29, 0.717) is 6.54 Å². The van der Waals surface area contributed by atoms with E-state index in [1.807, 2.05) is 31.2 Å². The van der Waals surface area contributed by atoms with Crippen LogP contribution in [0, 0.1) is 20.8 Å². The number of para-hydroxylation sites is 1. The summed E-state index contributed by atoms with van der Waals surface area (Å²) in [6.45, 7) is 6.67. The second kappa shape index (κ2) is 5.68. The first-order valence-electron chi connectivity index (χ1n) is 7.47. The molecule has 22 heavy (non-hydrogen) atoms. The van der Waals surface area contributed by atoms with Crippen molar-refractivity contribution in [3.63, 3.8) is 0 Å². The summed E-state index contributed by atoms with van der Waals surface area (Å²) in [5, 5.41) is 4.42. The maximum absolute atomic E-state index is 12.3. The molecule has 2 aromatic carbocycles. The predicted octanol–water partition coefficient (Wildman–Crippen LogP) is 4.07. The van der Waals surface area contributed by atoms with Crippen molar-refractivity contribution in [2.75, 3.05) is 5.32 Å². The summed E-state index contributed by atoms with van der Waals surface area (Å²) in [6.07, 6.45) is 0. The van der Waals surface area contributed by atoms with E-state index in [1.54, 1.807) is 0 Å². The third-order valence-corrected chi connectivity index (χ3v) is 4.02. The second-order valence-electron chi connectivity index (χ2n) is 5.83.